The first-order chi connectivity index (χ1) is 10.2. The molecule has 0 bridgehead atoms. The summed E-state index contributed by atoms with van der Waals surface area (Å²) in [6, 6.07) is 4.41. The van der Waals surface area contributed by atoms with Crippen molar-refractivity contribution >= 4 is 5.69 Å². The fourth-order valence-electron chi connectivity index (χ4n) is 3.07. The minimum absolute atomic E-state index is 0.131. The van der Waals surface area contributed by atoms with Crippen molar-refractivity contribution in [3.8, 4) is 11.4 Å². The summed E-state index contributed by atoms with van der Waals surface area (Å²) in [5.74, 6) is 0.823. The Hall–Kier alpha value is -2.02. The van der Waals surface area contributed by atoms with Crippen molar-refractivity contribution in [2.75, 3.05) is 12.3 Å². The number of nitrogens with two attached hydrogens (primary N) is 1. The van der Waals surface area contributed by atoms with Crippen LogP contribution in [-0.4, -0.2) is 32.9 Å². The van der Waals surface area contributed by atoms with Gasteiger partial charge < -0.3 is 10.5 Å². The molecule has 2 aliphatic rings. The molecule has 0 spiro atoms. The van der Waals surface area contributed by atoms with Crippen LogP contribution in [0.3, 0.4) is 0 Å². The molecule has 110 valence electrons. The number of aromatic nitrogens is 4. The number of rotatable bonds is 3. The lowest BCUT2D eigenvalue weighted by Crippen LogP contribution is -2.24. The van der Waals surface area contributed by atoms with Crippen molar-refractivity contribution < 1.29 is 9.13 Å². The molecular weight excluding hydrogens is 273 g/mol. The zero-order valence-corrected chi connectivity index (χ0v) is 11.4. The lowest BCUT2D eigenvalue weighted by Gasteiger charge is -2.19. The van der Waals surface area contributed by atoms with Crippen LogP contribution in [-0.2, 0) is 4.74 Å². The van der Waals surface area contributed by atoms with Gasteiger partial charge in [-0.3, -0.25) is 0 Å². The van der Waals surface area contributed by atoms with Gasteiger partial charge in [0.2, 0.25) is 0 Å². The summed E-state index contributed by atoms with van der Waals surface area (Å²) in [7, 11) is 0. The molecule has 4 rings (SSSR count). The van der Waals surface area contributed by atoms with E-state index in [-0.39, 0.29) is 18.0 Å². The molecule has 2 unspecified atom stereocenters. The number of tetrazole rings is 1. The van der Waals surface area contributed by atoms with Crippen LogP contribution >= 0.6 is 0 Å². The Morgan fingerprint density at radius 1 is 1.29 bits per heavy atom. The molecule has 2 aromatic rings. The average Bonchev–Trinajstić information content (AvgIpc) is 3.00. The van der Waals surface area contributed by atoms with Crippen molar-refractivity contribution in [2.24, 2.45) is 5.92 Å². The Balaban J connectivity index is 1.73. The number of anilines is 1. The fourth-order valence-corrected chi connectivity index (χ4v) is 3.07. The number of ether oxygens (including phenoxy) is 1. The quantitative estimate of drug-likeness (QED) is 0.872. The van der Waals surface area contributed by atoms with Gasteiger partial charge in [0.05, 0.1) is 12.1 Å². The Kier molecular flexibility index (Phi) is 2.88. The number of benzene rings is 1. The third kappa shape index (κ3) is 2.17. The van der Waals surface area contributed by atoms with Crippen LogP contribution in [0, 0.1) is 11.7 Å². The standard InChI is InChI=1S/C14H16FN5O/c15-9-3-4-10(11(16)7-9)14-17-18-19-20(14)12-5-6-21-13(12)8-1-2-8/h3-4,7-8,12-13H,1-2,5-6,16H2. The monoisotopic (exact) mass is 289 g/mol. The third-order valence-corrected chi connectivity index (χ3v) is 4.25. The second-order valence-corrected chi connectivity index (χ2v) is 5.71. The van der Waals surface area contributed by atoms with Crippen LogP contribution in [0.4, 0.5) is 10.1 Å². The molecule has 21 heavy (non-hydrogen) atoms. The van der Waals surface area contributed by atoms with E-state index in [0.717, 1.165) is 13.0 Å². The number of hydrogen-bond acceptors (Lipinski definition) is 5. The molecule has 1 aliphatic carbocycles. The summed E-state index contributed by atoms with van der Waals surface area (Å²) in [5.41, 5.74) is 6.90. The predicted molar refractivity (Wildman–Crippen MR) is 73.7 cm³/mol. The van der Waals surface area contributed by atoms with Crippen LogP contribution in [0.5, 0.6) is 0 Å². The van der Waals surface area contributed by atoms with Gasteiger partial charge in [0.15, 0.2) is 5.82 Å². The van der Waals surface area contributed by atoms with Gasteiger partial charge >= 0.3 is 0 Å². The SMILES string of the molecule is Nc1cc(F)ccc1-c1nnnn1C1CCOC1C1CC1. The van der Waals surface area contributed by atoms with Crippen molar-refractivity contribution in [1.29, 1.82) is 0 Å². The Labute approximate surface area is 121 Å². The van der Waals surface area contributed by atoms with Crippen LogP contribution < -0.4 is 5.73 Å². The maximum atomic E-state index is 13.2. The van der Waals surface area contributed by atoms with Crippen LogP contribution in [0.2, 0.25) is 0 Å². The molecule has 1 saturated heterocycles. The van der Waals surface area contributed by atoms with E-state index >= 15 is 0 Å². The van der Waals surface area contributed by atoms with Crippen molar-refractivity contribution in [2.45, 2.75) is 31.4 Å². The zero-order valence-electron chi connectivity index (χ0n) is 11.4. The first-order valence-electron chi connectivity index (χ1n) is 7.19. The molecule has 1 aromatic carbocycles. The summed E-state index contributed by atoms with van der Waals surface area (Å²) in [5, 5.41) is 12.0. The summed E-state index contributed by atoms with van der Waals surface area (Å²) in [6.07, 6.45) is 3.48. The molecule has 2 heterocycles. The highest BCUT2D eigenvalue weighted by molar-refractivity contribution is 5.71. The maximum absolute atomic E-state index is 13.2. The van der Waals surface area contributed by atoms with Gasteiger partial charge in [-0.1, -0.05) is 0 Å². The van der Waals surface area contributed by atoms with E-state index in [1.54, 1.807) is 10.7 Å². The predicted octanol–water partition coefficient (Wildman–Crippen LogP) is 1.80. The summed E-state index contributed by atoms with van der Waals surface area (Å²) >= 11 is 0. The van der Waals surface area contributed by atoms with Gasteiger partial charge in [0.1, 0.15) is 5.82 Å². The Morgan fingerprint density at radius 2 is 2.14 bits per heavy atom. The number of halogens is 1. The van der Waals surface area contributed by atoms with Crippen LogP contribution in [0.25, 0.3) is 11.4 Å². The molecule has 7 heteroatoms. The molecule has 2 N–H and O–H groups in total. The smallest absolute Gasteiger partial charge is 0.184 e. The van der Waals surface area contributed by atoms with Gasteiger partial charge in [0, 0.05) is 17.9 Å². The Bertz CT molecular complexity index is 669. The molecule has 6 nitrogen and oxygen atoms in total. The molecule has 2 fully saturated rings. The lowest BCUT2D eigenvalue weighted by atomic mass is 10.1. The second kappa shape index (κ2) is 4.77. The highest BCUT2D eigenvalue weighted by atomic mass is 19.1. The summed E-state index contributed by atoms with van der Waals surface area (Å²) in [6.45, 7) is 0.726. The molecule has 1 aromatic heterocycles. The molecule has 0 amide bonds. The first-order valence-corrected chi connectivity index (χ1v) is 7.19. The van der Waals surface area contributed by atoms with E-state index < -0.39 is 0 Å². The van der Waals surface area contributed by atoms with E-state index in [4.69, 9.17) is 10.5 Å². The topological polar surface area (TPSA) is 78.9 Å². The summed E-state index contributed by atoms with van der Waals surface area (Å²) < 4.78 is 20.8. The zero-order chi connectivity index (χ0) is 14.4. The van der Waals surface area contributed by atoms with E-state index in [2.05, 4.69) is 15.5 Å². The first kappa shape index (κ1) is 12.7. The van der Waals surface area contributed by atoms with Gasteiger partial charge in [-0.25, -0.2) is 9.07 Å². The van der Waals surface area contributed by atoms with Crippen LogP contribution in [0.15, 0.2) is 18.2 Å². The molecule has 0 radical (unpaired) electrons. The minimum atomic E-state index is -0.365. The number of nitrogens with zero attached hydrogens (tertiary/aromatic N) is 4. The average molecular weight is 289 g/mol. The minimum Gasteiger partial charge on any atom is -0.398 e. The molecule has 2 atom stereocenters. The van der Waals surface area contributed by atoms with Crippen LogP contribution in [0.1, 0.15) is 25.3 Å². The largest absolute Gasteiger partial charge is 0.398 e. The van der Waals surface area contributed by atoms with Crippen molar-refractivity contribution in [1.82, 2.24) is 20.2 Å². The highest BCUT2D eigenvalue weighted by Gasteiger charge is 2.43. The molecular formula is C14H16FN5O. The van der Waals surface area contributed by atoms with Gasteiger partial charge in [-0.05, 0) is 53.8 Å². The maximum Gasteiger partial charge on any atom is 0.184 e. The second-order valence-electron chi connectivity index (χ2n) is 5.71. The van der Waals surface area contributed by atoms with E-state index in [1.807, 2.05) is 0 Å². The molecule has 1 saturated carbocycles. The van der Waals surface area contributed by atoms with Gasteiger partial charge in [-0.2, -0.15) is 0 Å². The Morgan fingerprint density at radius 3 is 2.90 bits per heavy atom. The van der Waals surface area contributed by atoms with Gasteiger partial charge in [0.25, 0.3) is 0 Å². The summed E-state index contributed by atoms with van der Waals surface area (Å²) in [4.78, 5) is 0. The number of hydrogen-bond donors (Lipinski definition) is 1. The van der Waals surface area contributed by atoms with Gasteiger partial charge in [-0.15, -0.1) is 5.10 Å². The van der Waals surface area contributed by atoms with E-state index in [9.17, 15) is 4.39 Å². The highest BCUT2D eigenvalue weighted by Crippen LogP contribution is 2.44. The molecule has 1 aliphatic heterocycles. The third-order valence-electron chi connectivity index (χ3n) is 4.25. The van der Waals surface area contributed by atoms with Crippen molar-refractivity contribution in [3.05, 3.63) is 24.0 Å². The normalized spacial score (nSPS) is 25.4. The van der Waals surface area contributed by atoms with Crippen molar-refractivity contribution in [3.63, 3.8) is 0 Å². The number of nitrogen functional groups attached to an aromatic ring is 1. The van der Waals surface area contributed by atoms with E-state index in [1.165, 1.54) is 25.0 Å². The lowest BCUT2D eigenvalue weighted by molar-refractivity contribution is 0.0725. The van der Waals surface area contributed by atoms with E-state index in [0.29, 0.717) is 23.0 Å². The fraction of sp³-hybridized carbons (Fsp3) is 0.500.